The molecule has 0 fully saturated rings. The van der Waals surface area contributed by atoms with Gasteiger partial charge >= 0.3 is 0 Å². The van der Waals surface area contributed by atoms with Gasteiger partial charge in [0.2, 0.25) is 0 Å². The number of carbonyl (C=O) groups is 1. The third-order valence-corrected chi connectivity index (χ3v) is 4.68. The van der Waals surface area contributed by atoms with Gasteiger partial charge in [-0.05, 0) is 24.6 Å². The lowest BCUT2D eigenvalue weighted by Gasteiger charge is -2.16. The largest absolute Gasteiger partial charge is 0.459 e. The van der Waals surface area contributed by atoms with Crippen LogP contribution in [0, 0.1) is 0 Å². The van der Waals surface area contributed by atoms with Crippen LogP contribution in [0.25, 0.3) is 0 Å². The quantitative estimate of drug-likeness (QED) is 0.685. The minimum Gasteiger partial charge on any atom is -0.459 e. The van der Waals surface area contributed by atoms with Gasteiger partial charge in [-0.3, -0.25) is 4.79 Å². The number of nitrogens with one attached hydrogen (secondary N) is 1. The normalized spacial score (nSPS) is 12.1. The topological polar surface area (TPSA) is 68.3 Å². The van der Waals surface area contributed by atoms with Crippen molar-refractivity contribution in [3.8, 4) is 0 Å². The number of unbranched alkanes of at least 4 members (excludes halogenated alkanes) is 1. The van der Waals surface area contributed by atoms with Crippen LogP contribution in [0.4, 0.5) is 0 Å². The van der Waals surface area contributed by atoms with Gasteiger partial charge in [0.25, 0.3) is 5.91 Å². The van der Waals surface area contributed by atoms with Gasteiger partial charge in [0.15, 0.2) is 5.76 Å². The Morgan fingerprint density at radius 3 is 2.78 bits per heavy atom. The van der Waals surface area contributed by atoms with E-state index in [0.29, 0.717) is 18.1 Å². The molecule has 124 valence electrons. The van der Waals surface area contributed by atoms with Crippen molar-refractivity contribution in [3.05, 3.63) is 54.0 Å². The predicted molar refractivity (Wildman–Crippen MR) is 94.5 cm³/mol. The smallest absolute Gasteiger partial charge is 0.287 e. The molecule has 0 aliphatic rings. The van der Waals surface area contributed by atoms with Crippen molar-refractivity contribution in [2.45, 2.75) is 42.9 Å². The molecule has 1 unspecified atom stereocenters. The van der Waals surface area contributed by atoms with Gasteiger partial charge in [0.05, 0.1) is 6.26 Å². The van der Waals surface area contributed by atoms with Crippen molar-refractivity contribution in [2.24, 2.45) is 5.73 Å². The number of thioether (sulfide) groups is 1. The zero-order chi connectivity index (χ0) is 16.5. The summed E-state index contributed by atoms with van der Waals surface area (Å²) in [7, 11) is 0. The summed E-state index contributed by atoms with van der Waals surface area (Å²) in [6, 6.07) is 12.0. The van der Waals surface area contributed by atoms with Gasteiger partial charge in [0.1, 0.15) is 0 Å². The van der Waals surface area contributed by atoms with E-state index >= 15 is 0 Å². The van der Waals surface area contributed by atoms with Crippen LogP contribution < -0.4 is 11.1 Å². The van der Waals surface area contributed by atoms with E-state index in [0.717, 1.165) is 24.8 Å². The van der Waals surface area contributed by atoms with Crippen LogP contribution in [-0.2, 0) is 5.75 Å². The summed E-state index contributed by atoms with van der Waals surface area (Å²) >= 11 is 1.68. The van der Waals surface area contributed by atoms with Crippen LogP contribution in [-0.4, -0.2) is 18.5 Å². The molecule has 3 N–H and O–H groups in total. The van der Waals surface area contributed by atoms with Crippen molar-refractivity contribution >= 4 is 17.7 Å². The zero-order valence-corrected chi connectivity index (χ0v) is 14.3. The molecule has 1 aromatic carbocycles. The summed E-state index contributed by atoms with van der Waals surface area (Å²) in [6.07, 6.45) is 4.61. The number of nitrogens with two attached hydrogens (primary N) is 1. The molecule has 2 aromatic rings. The van der Waals surface area contributed by atoms with Crippen LogP contribution in [0.15, 0.2) is 52.0 Å². The summed E-state index contributed by atoms with van der Waals surface area (Å²) in [5, 5.41) is 2.98. The van der Waals surface area contributed by atoms with E-state index in [-0.39, 0.29) is 11.9 Å². The minimum atomic E-state index is -0.176. The lowest BCUT2D eigenvalue weighted by molar-refractivity contribution is 0.0906. The van der Waals surface area contributed by atoms with Crippen molar-refractivity contribution in [1.29, 1.82) is 0 Å². The van der Waals surface area contributed by atoms with E-state index in [9.17, 15) is 4.79 Å². The molecule has 0 radical (unpaired) electrons. The highest BCUT2D eigenvalue weighted by molar-refractivity contribution is 7.98. The first kappa shape index (κ1) is 17.6. The van der Waals surface area contributed by atoms with E-state index < -0.39 is 0 Å². The van der Waals surface area contributed by atoms with Crippen molar-refractivity contribution < 1.29 is 9.21 Å². The molecule has 0 saturated heterocycles. The number of amides is 1. The second-order valence-corrected chi connectivity index (χ2v) is 6.47. The van der Waals surface area contributed by atoms with E-state index in [1.807, 2.05) is 24.3 Å². The van der Waals surface area contributed by atoms with Crippen molar-refractivity contribution in [1.82, 2.24) is 5.32 Å². The Bertz CT molecular complexity index is 598. The molecule has 4 nitrogen and oxygen atoms in total. The first-order valence-corrected chi connectivity index (χ1v) is 8.98. The minimum absolute atomic E-state index is 0.00202. The molecular weight excluding hydrogens is 308 g/mol. The summed E-state index contributed by atoms with van der Waals surface area (Å²) in [5.74, 6) is 0.916. The second-order valence-electron chi connectivity index (χ2n) is 5.43. The fraction of sp³-hybridized carbons (Fsp3) is 0.389. The summed E-state index contributed by atoms with van der Waals surface area (Å²) in [5.41, 5.74) is 6.64. The molecule has 5 heteroatoms. The maximum absolute atomic E-state index is 12.4. The highest BCUT2D eigenvalue weighted by Crippen LogP contribution is 2.24. The maximum atomic E-state index is 12.4. The van der Waals surface area contributed by atoms with Gasteiger partial charge in [-0.15, -0.1) is 11.8 Å². The van der Waals surface area contributed by atoms with Gasteiger partial charge in [-0.1, -0.05) is 38.0 Å². The van der Waals surface area contributed by atoms with E-state index in [2.05, 4.69) is 24.4 Å². The van der Waals surface area contributed by atoms with Crippen molar-refractivity contribution in [2.75, 3.05) is 6.54 Å². The number of benzene rings is 1. The summed E-state index contributed by atoms with van der Waals surface area (Å²) < 4.78 is 5.40. The average Bonchev–Trinajstić information content (AvgIpc) is 3.06. The van der Waals surface area contributed by atoms with Crippen molar-refractivity contribution in [3.63, 3.8) is 0 Å². The highest BCUT2D eigenvalue weighted by atomic mass is 32.2. The Morgan fingerprint density at radius 1 is 1.30 bits per heavy atom. The van der Waals surface area contributed by atoms with E-state index in [4.69, 9.17) is 10.2 Å². The first-order chi connectivity index (χ1) is 11.2. The molecule has 0 bridgehead atoms. The SMILES string of the molecule is CCCCC(CN)NC(=O)c1occc1CSc1ccccc1. The molecule has 1 atom stereocenters. The number of hydrogen-bond acceptors (Lipinski definition) is 4. The van der Waals surface area contributed by atoms with Crippen LogP contribution in [0.3, 0.4) is 0 Å². The average molecular weight is 332 g/mol. The van der Waals surface area contributed by atoms with E-state index in [1.54, 1.807) is 18.0 Å². The maximum Gasteiger partial charge on any atom is 0.287 e. The molecule has 23 heavy (non-hydrogen) atoms. The van der Waals surface area contributed by atoms with Gasteiger partial charge in [-0.25, -0.2) is 0 Å². The molecule has 1 heterocycles. The molecular formula is C18H24N2O2S. The monoisotopic (exact) mass is 332 g/mol. The Kier molecular flexibility index (Phi) is 7.23. The lowest BCUT2D eigenvalue weighted by Crippen LogP contribution is -2.40. The molecule has 1 amide bonds. The standard InChI is InChI=1S/C18H24N2O2S/c1-2-3-7-15(12-19)20-18(21)17-14(10-11-22-17)13-23-16-8-5-4-6-9-16/h4-6,8-11,15H,2-3,7,12-13,19H2,1H3,(H,20,21). The number of rotatable bonds is 9. The molecule has 0 spiro atoms. The van der Waals surface area contributed by atoms with E-state index in [1.165, 1.54) is 4.90 Å². The molecule has 1 aromatic heterocycles. The molecule has 0 aliphatic heterocycles. The van der Waals surface area contributed by atoms with Crippen LogP contribution in [0.1, 0.15) is 42.3 Å². The molecule has 0 saturated carbocycles. The second kappa shape index (κ2) is 9.43. The van der Waals surface area contributed by atoms with Crippen LogP contribution in [0.2, 0.25) is 0 Å². The van der Waals surface area contributed by atoms with Crippen LogP contribution >= 0.6 is 11.8 Å². The summed E-state index contributed by atoms with van der Waals surface area (Å²) in [6.45, 7) is 2.57. The fourth-order valence-electron chi connectivity index (χ4n) is 2.28. The van der Waals surface area contributed by atoms with Gasteiger partial charge in [0, 0.05) is 28.8 Å². The number of carbonyl (C=O) groups excluding carboxylic acids is 1. The number of furan rings is 1. The molecule has 0 aliphatic carbocycles. The lowest BCUT2D eigenvalue weighted by atomic mass is 10.1. The molecule has 2 rings (SSSR count). The highest BCUT2D eigenvalue weighted by Gasteiger charge is 2.18. The summed E-state index contributed by atoms with van der Waals surface area (Å²) in [4.78, 5) is 13.6. The predicted octanol–water partition coefficient (Wildman–Crippen LogP) is 3.82. The van der Waals surface area contributed by atoms with Crippen LogP contribution in [0.5, 0.6) is 0 Å². The fourth-order valence-corrected chi connectivity index (χ4v) is 3.18. The Morgan fingerprint density at radius 2 is 2.09 bits per heavy atom. The third-order valence-electron chi connectivity index (χ3n) is 3.62. The first-order valence-electron chi connectivity index (χ1n) is 7.99. The Labute approximate surface area is 141 Å². The third kappa shape index (κ3) is 5.44. The zero-order valence-electron chi connectivity index (χ0n) is 13.5. The number of hydrogen-bond donors (Lipinski definition) is 2. The Balaban J connectivity index is 1.95. The Hall–Kier alpha value is -1.72. The van der Waals surface area contributed by atoms with Gasteiger partial charge < -0.3 is 15.5 Å². The van der Waals surface area contributed by atoms with Gasteiger partial charge in [-0.2, -0.15) is 0 Å².